The molecule has 0 atom stereocenters. The summed E-state index contributed by atoms with van der Waals surface area (Å²) in [7, 11) is 0. The molecule has 0 aliphatic carbocycles. The van der Waals surface area contributed by atoms with Gasteiger partial charge in [-0.1, -0.05) is 83.0 Å². The zero-order chi connectivity index (χ0) is 17.9. The van der Waals surface area contributed by atoms with Crippen LogP contribution in [0.1, 0.15) is 41.2 Å². The summed E-state index contributed by atoms with van der Waals surface area (Å²) < 4.78 is 0.0803. The number of nitrogens with two attached hydrogens (primary N) is 2. The number of hydrogen-bond acceptors (Lipinski definition) is 1. The topological polar surface area (TPSA) is 64.4 Å². The molecular weight excluding hydrogens is 430 g/mol. The van der Waals surface area contributed by atoms with E-state index in [2.05, 4.69) is 100 Å². The summed E-state index contributed by atoms with van der Waals surface area (Å²) in [4.78, 5) is 4.12. The predicted octanol–water partition coefficient (Wildman–Crippen LogP) is 5.21. The Hall–Kier alpha value is -1.33. The highest BCUT2D eigenvalue weighted by Crippen LogP contribution is 2.34. The van der Waals surface area contributed by atoms with Crippen LogP contribution in [0.5, 0.6) is 0 Å². The van der Waals surface area contributed by atoms with Gasteiger partial charge < -0.3 is 11.5 Å². The second kappa shape index (κ2) is 7.70. The Kier molecular flexibility index (Phi) is 6.10. The molecule has 128 valence electrons. The van der Waals surface area contributed by atoms with Crippen LogP contribution in [-0.2, 0) is 12.0 Å². The van der Waals surface area contributed by atoms with E-state index in [1.165, 1.54) is 11.1 Å². The van der Waals surface area contributed by atoms with E-state index in [4.69, 9.17) is 11.5 Å². The molecule has 0 amide bonds. The number of hydrogen-bond donors (Lipinski definition) is 2. The van der Waals surface area contributed by atoms with Crippen molar-refractivity contribution in [2.45, 2.75) is 36.5 Å². The number of aliphatic imine (C=N–C) groups is 1. The van der Waals surface area contributed by atoms with Crippen molar-refractivity contribution in [2.75, 3.05) is 0 Å². The molecule has 0 saturated heterocycles. The average Bonchev–Trinajstić information content (AvgIpc) is 2.52. The largest absolute Gasteiger partial charge is 0.370 e. The van der Waals surface area contributed by atoms with E-state index in [0.717, 1.165) is 16.7 Å². The fourth-order valence-electron chi connectivity index (χ4n) is 2.45. The summed E-state index contributed by atoms with van der Waals surface area (Å²) in [5.74, 6) is 0.103. The Balaban J connectivity index is 2.43. The molecule has 0 saturated carbocycles. The van der Waals surface area contributed by atoms with E-state index < -0.39 is 0 Å². The lowest BCUT2D eigenvalue weighted by atomic mass is 9.86. The van der Waals surface area contributed by atoms with Crippen molar-refractivity contribution in [3.8, 4) is 11.1 Å². The van der Waals surface area contributed by atoms with Crippen LogP contribution in [0.3, 0.4) is 0 Å². The number of nitrogens with zero attached hydrogens (tertiary/aromatic N) is 1. The van der Waals surface area contributed by atoms with Crippen LogP contribution in [0.15, 0.2) is 47.5 Å². The van der Waals surface area contributed by atoms with Gasteiger partial charge in [-0.15, -0.1) is 0 Å². The monoisotopic (exact) mass is 451 g/mol. The Bertz CT molecular complexity index is 725. The highest BCUT2D eigenvalue weighted by Gasteiger charge is 2.14. The number of benzene rings is 2. The van der Waals surface area contributed by atoms with Crippen LogP contribution in [-0.4, -0.2) is 5.96 Å². The van der Waals surface area contributed by atoms with Gasteiger partial charge in [0, 0.05) is 0 Å². The first-order valence-corrected chi connectivity index (χ1v) is 9.58. The second-order valence-corrected chi connectivity index (χ2v) is 9.89. The maximum absolute atomic E-state index is 5.45. The summed E-state index contributed by atoms with van der Waals surface area (Å²) >= 11 is 7.15. The minimum atomic E-state index is 0.0803. The molecule has 0 spiro atoms. The van der Waals surface area contributed by atoms with E-state index in [0.29, 0.717) is 6.54 Å². The first-order chi connectivity index (χ1) is 11.2. The zero-order valence-electron chi connectivity index (χ0n) is 14.2. The van der Waals surface area contributed by atoms with Crippen LogP contribution < -0.4 is 11.5 Å². The molecule has 0 aromatic heterocycles. The van der Waals surface area contributed by atoms with Crippen molar-refractivity contribution in [3.05, 3.63) is 59.2 Å². The molecule has 0 aliphatic heterocycles. The molecule has 4 N–H and O–H groups in total. The van der Waals surface area contributed by atoms with Crippen molar-refractivity contribution in [3.63, 3.8) is 0 Å². The molecule has 2 rings (SSSR count). The molecule has 0 unspecified atom stereocenters. The fraction of sp³-hybridized carbons (Fsp3) is 0.316. The third-order valence-corrected chi connectivity index (χ3v) is 4.85. The lowest BCUT2D eigenvalue weighted by Crippen LogP contribution is -2.22. The van der Waals surface area contributed by atoms with Crippen molar-refractivity contribution >= 4 is 37.8 Å². The Morgan fingerprint density at radius 1 is 1.00 bits per heavy atom. The van der Waals surface area contributed by atoms with E-state index >= 15 is 0 Å². The van der Waals surface area contributed by atoms with Gasteiger partial charge >= 0.3 is 0 Å². The van der Waals surface area contributed by atoms with E-state index in [1.807, 2.05) is 0 Å². The van der Waals surface area contributed by atoms with Crippen molar-refractivity contribution in [1.29, 1.82) is 0 Å². The summed E-state index contributed by atoms with van der Waals surface area (Å²) in [6.07, 6.45) is 0. The lowest BCUT2D eigenvalue weighted by molar-refractivity contribution is 0.590. The highest BCUT2D eigenvalue weighted by atomic mass is 79.9. The Morgan fingerprint density at radius 2 is 1.62 bits per heavy atom. The smallest absolute Gasteiger partial charge is 0.186 e. The van der Waals surface area contributed by atoms with E-state index in [-0.39, 0.29) is 15.1 Å². The molecule has 5 heteroatoms. The van der Waals surface area contributed by atoms with Gasteiger partial charge in [0.15, 0.2) is 5.96 Å². The molecule has 2 aromatic rings. The number of rotatable bonds is 4. The zero-order valence-corrected chi connectivity index (χ0v) is 17.4. The quantitative estimate of drug-likeness (QED) is 0.379. The molecule has 0 heterocycles. The Labute approximate surface area is 160 Å². The predicted molar refractivity (Wildman–Crippen MR) is 111 cm³/mol. The fourth-order valence-corrected chi connectivity index (χ4v) is 2.98. The number of halogens is 2. The van der Waals surface area contributed by atoms with Gasteiger partial charge in [0.2, 0.25) is 0 Å². The summed E-state index contributed by atoms with van der Waals surface area (Å²) in [5.41, 5.74) is 16.9. The maximum Gasteiger partial charge on any atom is 0.186 e. The average molecular weight is 453 g/mol. The number of guanidine groups is 1. The summed E-state index contributed by atoms with van der Waals surface area (Å²) in [6.45, 7) is 7.12. The van der Waals surface area contributed by atoms with Crippen LogP contribution >= 0.6 is 31.9 Å². The van der Waals surface area contributed by atoms with Crippen LogP contribution in [0.4, 0.5) is 0 Å². The van der Waals surface area contributed by atoms with Crippen molar-refractivity contribution in [2.24, 2.45) is 16.5 Å². The highest BCUT2D eigenvalue weighted by molar-refractivity contribution is 9.24. The molecule has 24 heavy (non-hydrogen) atoms. The van der Waals surface area contributed by atoms with Crippen molar-refractivity contribution in [1.82, 2.24) is 0 Å². The van der Waals surface area contributed by atoms with Crippen molar-refractivity contribution < 1.29 is 0 Å². The van der Waals surface area contributed by atoms with Gasteiger partial charge in [0.1, 0.15) is 0 Å². The molecule has 3 nitrogen and oxygen atoms in total. The minimum Gasteiger partial charge on any atom is -0.370 e. The molecular formula is C19H23Br2N3. The van der Waals surface area contributed by atoms with E-state index in [1.54, 1.807) is 0 Å². The standard InChI is InChI=1S/C19H23Br2N3/c1-19(2,3)16-6-4-13(5-7-16)14-8-12(11-24-18(22)23)9-15(10-14)17(20)21/h4-10,17H,11H2,1-3H3,(H4,22,23,24). The van der Waals surface area contributed by atoms with Gasteiger partial charge in [-0.25, -0.2) is 4.99 Å². The first kappa shape index (κ1) is 19.0. The van der Waals surface area contributed by atoms with Crippen LogP contribution in [0.25, 0.3) is 11.1 Å². The molecule has 0 fully saturated rings. The molecule has 2 aromatic carbocycles. The van der Waals surface area contributed by atoms with Gasteiger partial charge in [0.05, 0.1) is 10.3 Å². The van der Waals surface area contributed by atoms with Crippen LogP contribution in [0.2, 0.25) is 0 Å². The first-order valence-electron chi connectivity index (χ1n) is 7.75. The Morgan fingerprint density at radius 3 is 2.12 bits per heavy atom. The van der Waals surface area contributed by atoms with Gasteiger partial charge in [-0.3, -0.25) is 0 Å². The van der Waals surface area contributed by atoms with Gasteiger partial charge in [-0.05, 0) is 45.4 Å². The lowest BCUT2D eigenvalue weighted by Gasteiger charge is -2.19. The third-order valence-electron chi connectivity index (χ3n) is 3.80. The summed E-state index contributed by atoms with van der Waals surface area (Å²) in [5, 5.41) is 0. The maximum atomic E-state index is 5.45. The number of alkyl halides is 2. The third kappa shape index (κ3) is 5.08. The summed E-state index contributed by atoms with van der Waals surface area (Å²) in [6, 6.07) is 15.1. The second-order valence-electron chi connectivity index (χ2n) is 6.83. The van der Waals surface area contributed by atoms with E-state index in [9.17, 15) is 0 Å². The van der Waals surface area contributed by atoms with Crippen LogP contribution in [0, 0.1) is 0 Å². The SMILES string of the molecule is CC(C)(C)c1ccc(-c2cc(CN=C(N)N)cc(C(Br)Br)c2)cc1. The van der Waals surface area contributed by atoms with Gasteiger partial charge in [0.25, 0.3) is 0 Å². The minimum absolute atomic E-state index is 0.0803. The molecule has 0 radical (unpaired) electrons. The van der Waals surface area contributed by atoms with Gasteiger partial charge in [-0.2, -0.15) is 0 Å². The molecule has 0 bridgehead atoms. The normalized spacial score (nSPS) is 11.6. The molecule has 0 aliphatic rings.